The van der Waals surface area contributed by atoms with Gasteiger partial charge in [0.25, 0.3) is 0 Å². The van der Waals surface area contributed by atoms with Gasteiger partial charge < -0.3 is 9.76 Å². The minimum atomic E-state index is -3.06. The van der Waals surface area contributed by atoms with Crippen LogP contribution in [0.25, 0.3) is 5.76 Å². The SMILES string of the molecule is OC(=CC=C1C=CC=C1)c1cc(Cl)cc(Cl)c1OB(F)F. The molecule has 0 saturated heterocycles. The van der Waals surface area contributed by atoms with Crippen LogP contribution in [0.4, 0.5) is 8.63 Å². The molecule has 0 heterocycles. The van der Waals surface area contributed by atoms with Gasteiger partial charge in [-0.05, 0) is 23.8 Å². The average molecular weight is 329 g/mol. The third-order valence-corrected chi connectivity index (χ3v) is 3.11. The lowest BCUT2D eigenvalue weighted by Crippen LogP contribution is -2.10. The lowest BCUT2D eigenvalue weighted by Gasteiger charge is -2.11. The van der Waals surface area contributed by atoms with E-state index < -0.39 is 7.47 Å². The quantitative estimate of drug-likeness (QED) is 0.604. The second-order valence-corrected chi connectivity index (χ2v) is 4.92. The number of benzene rings is 1. The van der Waals surface area contributed by atoms with Gasteiger partial charge in [-0.15, -0.1) is 0 Å². The molecule has 0 saturated carbocycles. The summed E-state index contributed by atoms with van der Waals surface area (Å²) in [6.07, 6.45) is 10.3. The van der Waals surface area contributed by atoms with E-state index in [2.05, 4.69) is 4.65 Å². The molecule has 108 valence electrons. The minimum Gasteiger partial charge on any atom is -0.507 e. The largest absolute Gasteiger partial charge is 0.796 e. The van der Waals surface area contributed by atoms with Crippen molar-refractivity contribution in [3.05, 3.63) is 69.8 Å². The Labute approximate surface area is 130 Å². The van der Waals surface area contributed by atoms with Gasteiger partial charge in [-0.25, -0.2) is 8.63 Å². The van der Waals surface area contributed by atoms with E-state index in [1.807, 2.05) is 24.3 Å². The van der Waals surface area contributed by atoms with Gasteiger partial charge in [0.15, 0.2) is 0 Å². The van der Waals surface area contributed by atoms with Gasteiger partial charge in [-0.1, -0.05) is 53.6 Å². The van der Waals surface area contributed by atoms with Crippen LogP contribution in [-0.4, -0.2) is 12.6 Å². The van der Waals surface area contributed by atoms with E-state index in [9.17, 15) is 13.7 Å². The van der Waals surface area contributed by atoms with E-state index in [-0.39, 0.29) is 27.1 Å². The first-order valence-corrected chi connectivity index (χ1v) is 6.63. The molecular formula is C14H9BCl2F2O2. The summed E-state index contributed by atoms with van der Waals surface area (Å²) in [7, 11) is -3.06. The van der Waals surface area contributed by atoms with Crippen molar-refractivity contribution in [2.45, 2.75) is 0 Å². The van der Waals surface area contributed by atoms with Crippen LogP contribution in [-0.2, 0) is 0 Å². The fourth-order valence-electron chi connectivity index (χ4n) is 1.72. The van der Waals surface area contributed by atoms with Crippen LogP contribution in [0, 0.1) is 0 Å². The Kier molecular flexibility index (Phi) is 5.10. The van der Waals surface area contributed by atoms with Crippen molar-refractivity contribution in [2.24, 2.45) is 0 Å². The first-order valence-electron chi connectivity index (χ1n) is 5.87. The summed E-state index contributed by atoms with van der Waals surface area (Å²) in [5.74, 6) is -0.600. The van der Waals surface area contributed by atoms with Crippen LogP contribution in [0.3, 0.4) is 0 Å². The third kappa shape index (κ3) is 4.13. The highest BCUT2D eigenvalue weighted by Gasteiger charge is 2.23. The molecule has 0 atom stereocenters. The number of halogens is 4. The normalized spacial score (nSPS) is 13.7. The molecule has 7 heteroatoms. The minimum absolute atomic E-state index is 0.00407. The van der Waals surface area contributed by atoms with Crippen molar-refractivity contribution in [3.63, 3.8) is 0 Å². The molecular weight excluding hydrogens is 320 g/mol. The maximum atomic E-state index is 12.4. The van der Waals surface area contributed by atoms with Gasteiger partial charge in [0.1, 0.15) is 11.5 Å². The lowest BCUT2D eigenvalue weighted by molar-refractivity contribution is 0.422. The van der Waals surface area contributed by atoms with Gasteiger partial charge in [0.2, 0.25) is 0 Å². The number of rotatable bonds is 4. The third-order valence-electron chi connectivity index (χ3n) is 2.61. The van der Waals surface area contributed by atoms with Gasteiger partial charge in [0, 0.05) is 5.02 Å². The second-order valence-electron chi connectivity index (χ2n) is 4.08. The number of hydrogen-bond acceptors (Lipinski definition) is 2. The number of aliphatic hydroxyl groups excluding tert-OH is 1. The Morgan fingerprint density at radius 3 is 2.48 bits per heavy atom. The summed E-state index contributed by atoms with van der Waals surface area (Å²) in [5, 5.41) is 10.1. The van der Waals surface area contributed by atoms with Gasteiger partial charge in [-0.2, -0.15) is 0 Å². The second kappa shape index (κ2) is 6.83. The van der Waals surface area contributed by atoms with Gasteiger partial charge in [0.05, 0.1) is 10.6 Å². The Morgan fingerprint density at radius 2 is 1.86 bits per heavy atom. The molecule has 1 aromatic rings. The zero-order valence-corrected chi connectivity index (χ0v) is 12.1. The number of allylic oxidation sites excluding steroid dienone is 7. The molecule has 2 rings (SSSR count). The van der Waals surface area contributed by atoms with E-state index in [0.717, 1.165) is 5.57 Å². The molecule has 0 radical (unpaired) electrons. The Morgan fingerprint density at radius 1 is 1.19 bits per heavy atom. The Bertz CT molecular complexity index is 653. The summed E-state index contributed by atoms with van der Waals surface area (Å²) in [6, 6.07) is 2.56. The monoisotopic (exact) mass is 328 g/mol. The van der Waals surface area contributed by atoms with Crippen molar-refractivity contribution in [1.82, 2.24) is 0 Å². The summed E-state index contributed by atoms with van der Waals surface area (Å²) in [6.45, 7) is 0. The van der Waals surface area contributed by atoms with Crippen molar-refractivity contribution < 1.29 is 18.4 Å². The lowest BCUT2D eigenvalue weighted by atomic mass is 10.1. The molecule has 21 heavy (non-hydrogen) atoms. The molecule has 0 spiro atoms. The number of hydrogen-bond donors (Lipinski definition) is 1. The molecule has 1 aromatic carbocycles. The molecule has 0 amide bonds. The van der Waals surface area contributed by atoms with Crippen molar-refractivity contribution in [2.75, 3.05) is 0 Å². The van der Waals surface area contributed by atoms with Crippen LogP contribution in [0.5, 0.6) is 5.75 Å². The van der Waals surface area contributed by atoms with Crippen molar-refractivity contribution >= 4 is 36.4 Å². The zero-order chi connectivity index (χ0) is 15.4. The summed E-state index contributed by atoms with van der Waals surface area (Å²) < 4.78 is 29.2. The summed E-state index contributed by atoms with van der Waals surface area (Å²) in [5.41, 5.74) is 0.849. The van der Waals surface area contributed by atoms with E-state index in [0.29, 0.717) is 0 Å². The van der Waals surface area contributed by atoms with Crippen LogP contribution < -0.4 is 4.65 Å². The summed E-state index contributed by atoms with van der Waals surface area (Å²) >= 11 is 11.7. The molecule has 0 fully saturated rings. The molecule has 2 nitrogen and oxygen atoms in total. The predicted molar refractivity (Wildman–Crippen MR) is 82.0 cm³/mol. The molecule has 1 aliphatic rings. The Hall–Kier alpha value is -1.72. The maximum Gasteiger partial charge on any atom is 0.796 e. The topological polar surface area (TPSA) is 29.5 Å². The summed E-state index contributed by atoms with van der Waals surface area (Å²) in [4.78, 5) is 0. The fraction of sp³-hybridized carbons (Fsp3) is 0. The fourth-order valence-corrected chi connectivity index (χ4v) is 2.26. The van der Waals surface area contributed by atoms with E-state index in [1.54, 1.807) is 6.08 Å². The van der Waals surface area contributed by atoms with Crippen LogP contribution in [0.15, 0.2) is 54.2 Å². The van der Waals surface area contributed by atoms with E-state index in [1.165, 1.54) is 18.2 Å². The first-order chi connectivity index (χ1) is 9.97. The van der Waals surface area contributed by atoms with Crippen molar-refractivity contribution in [3.8, 4) is 5.75 Å². The van der Waals surface area contributed by atoms with Gasteiger partial charge in [-0.3, -0.25) is 0 Å². The van der Waals surface area contributed by atoms with Crippen molar-refractivity contribution in [1.29, 1.82) is 0 Å². The smallest absolute Gasteiger partial charge is 0.507 e. The molecule has 0 aromatic heterocycles. The molecule has 0 bridgehead atoms. The average Bonchev–Trinajstić information content (AvgIpc) is 2.91. The predicted octanol–water partition coefficient (Wildman–Crippen LogP) is 5.25. The Balaban J connectivity index is 2.41. The van der Waals surface area contributed by atoms with Crippen LogP contribution in [0.2, 0.25) is 10.0 Å². The maximum absolute atomic E-state index is 12.4. The highest BCUT2D eigenvalue weighted by atomic mass is 35.5. The van der Waals surface area contributed by atoms with Gasteiger partial charge >= 0.3 is 7.47 Å². The standard InChI is InChI=1S/C14H9BCl2F2O2/c16-10-7-11(14(12(17)8-10)21-15(18)19)13(20)6-5-9-3-1-2-4-9/h1-8,20H. The molecule has 0 unspecified atom stereocenters. The van der Waals surface area contributed by atoms with Crippen LogP contribution >= 0.6 is 23.2 Å². The molecule has 1 aliphatic carbocycles. The van der Waals surface area contributed by atoms with Crippen LogP contribution in [0.1, 0.15) is 5.56 Å². The zero-order valence-electron chi connectivity index (χ0n) is 10.6. The first kappa shape index (κ1) is 15.7. The highest BCUT2D eigenvalue weighted by molar-refractivity contribution is 6.38. The van der Waals surface area contributed by atoms with E-state index in [4.69, 9.17) is 23.2 Å². The number of aliphatic hydroxyl groups is 1. The molecule has 0 aliphatic heterocycles. The van der Waals surface area contributed by atoms with E-state index >= 15 is 0 Å². The molecule has 1 N–H and O–H groups in total. The highest BCUT2D eigenvalue weighted by Crippen LogP contribution is 2.36.